The van der Waals surface area contributed by atoms with Crippen molar-refractivity contribution in [2.75, 3.05) is 11.9 Å². The van der Waals surface area contributed by atoms with Gasteiger partial charge in [-0.25, -0.2) is 4.98 Å². The maximum Gasteiger partial charge on any atom is 0.199 e. The van der Waals surface area contributed by atoms with Crippen molar-refractivity contribution in [3.05, 3.63) is 28.7 Å². The molecule has 2 aromatic rings. The predicted molar refractivity (Wildman–Crippen MR) is 59.3 cm³/mol. The first-order chi connectivity index (χ1) is 7.34. The summed E-state index contributed by atoms with van der Waals surface area (Å²) in [6.45, 7) is 0.905. The van der Waals surface area contributed by atoms with Crippen LogP contribution in [0.5, 0.6) is 0 Å². The molecule has 0 radical (unpaired) electrons. The van der Waals surface area contributed by atoms with Crippen LogP contribution in [0, 0.1) is 4.77 Å². The van der Waals surface area contributed by atoms with Crippen molar-refractivity contribution < 1.29 is 4.42 Å². The van der Waals surface area contributed by atoms with Gasteiger partial charge in [0.15, 0.2) is 10.5 Å². The van der Waals surface area contributed by atoms with Crippen molar-refractivity contribution in [1.82, 2.24) is 9.97 Å². The number of nitrogens with zero attached hydrogens (tertiary/aromatic N) is 1. The smallest absolute Gasteiger partial charge is 0.199 e. The highest BCUT2D eigenvalue weighted by Gasteiger charge is 2.18. The zero-order valence-electron chi connectivity index (χ0n) is 7.91. The molecule has 0 unspecified atom stereocenters. The second-order valence-electron chi connectivity index (χ2n) is 3.40. The molecule has 76 valence electrons. The van der Waals surface area contributed by atoms with Crippen LogP contribution in [-0.2, 0) is 6.42 Å². The van der Waals surface area contributed by atoms with Crippen molar-refractivity contribution in [1.29, 1.82) is 0 Å². The number of hydrogen-bond acceptors (Lipinski definition) is 4. The Balaban J connectivity index is 2.28. The maximum absolute atomic E-state index is 5.37. The summed E-state index contributed by atoms with van der Waals surface area (Å²) >= 11 is 5.07. The van der Waals surface area contributed by atoms with Crippen LogP contribution < -0.4 is 5.32 Å². The van der Waals surface area contributed by atoms with E-state index in [1.54, 1.807) is 6.26 Å². The van der Waals surface area contributed by atoms with Crippen molar-refractivity contribution in [3.8, 4) is 11.5 Å². The molecule has 2 N–H and O–H groups in total. The minimum atomic E-state index is 0.481. The number of aromatic amines is 1. The number of aromatic nitrogens is 2. The Bertz CT molecular complexity index is 544. The topological polar surface area (TPSA) is 53.9 Å². The summed E-state index contributed by atoms with van der Waals surface area (Å²) in [5.41, 5.74) is 2.10. The molecule has 15 heavy (non-hydrogen) atoms. The molecule has 0 saturated heterocycles. The standard InChI is InChI=1S/C10H9N3OS/c15-10-12-8(7-2-1-5-14-7)6-3-4-11-9(6)13-10/h1-2,5H,3-4H2,(H2,11,12,13,15). The van der Waals surface area contributed by atoms with Gasteiger partial charge in [-0.1, -0.05) is 0 Å². The maximum atomic E-state index is 5.37. The van der Waals surface area contributed by atoms with E-state index in [0.717, 1.165) is 35.8 Å². The number of H-pyrrole nitrogens is 1. The van der Waals surface area contributed by atoms with Gasteiger partial charge in [-0.2, -0.15) is 0 Å². The van der Waals surface area contributed by atoms with E-state index in [2.05, 4.69) is 15.3 Å². The first-order valence-electron chi connectivity index (χ1n) is 4.75. The molecule has 5 heteroatoms. The minimum Gasteiger partial charge on any atom is -0.463 e. The first kappa shape index (κ1) is 8.67. The fraction of sp³-hybridized carbons (Fsp3) is 0.200. The molecule has 4 nitrogen and oxygen atoms in total. The van der Waals surface area contributed by atoms with Gasteiger partial charge < -0.3 is 14.7 Å². The molecular weight excluding hydrogens is 210 g/mol. The van der Waals surface area contributed by atoms with E-state index in [0.29, 0.717) is 4.77 Å². The lowest BCUT2D eigenvalue weighted by Crippen LogP contribution is -1.95. The Labute approximate surface area is 91.4 Å². The average Bonchev–Trinajstić information content (AvgIpc) is 2.86. The van der Waals surface area contributed by atoms with E-state index in [9.17, 15) is 0 Å². The average molecular weight is 219 g/mol. The van der Waals surface area contributed by atoms with E-state index in [1.165, 1.54) is 0 Å². The molecule has 0 bridgehead atoms. The highest BCUT2D eigenvalue weighted by Crippen LogP contribution is 2.29. The van der Waals surface area contributed by atoms with Gasteiger partial charge in [0.1, 0.15) is 5.82 Å². The van der Waals surface area contributed by atoms with Gasteiger partial charge in [-0.3, -0.25) is 0 Å². The zero-order chi connectivity index (χ0) is 10.3. The minimum absolute atomic E-state index is 0.481. The Morgan fingerprint density at radius 3 is 3.20 bits per heavy atom. The predicted octanol–water partition coefficient (Wildman–Crippen LogP) is 2.37. The van der Waals surface area contributed by atoms with E-state index < -0.39 is 0 Å². The van der Waals surface area contributed by atoms with Gasteiger partial charge in [0.05, 0.1) is 12.0 Å². The van der Waals surface area contributed by atoms with Crippen molar-refractivity contribution in [2.24, 2.45) is 0 Å². The van der Waals surface area contributed by atoms with Crippen LogP contribution in [0.15, 0.2) is 22.8 Å². The lowest BCUT2D eigenvalue weighted by molar-refractivity contribution is 0.579. The molecular formula is C10H9N3OS. The van der Waals surface area contributed by atoms with Gasteiger partial charge in [0.25, 0.3) is 0 Å². The molecule has 0 amide bonds. The molecule has 2 aromatic heterocycles. The third-order valence-electron chi connectivity index (χ3n) is 2.47. The van der Waals surface area contributed by atoms with Crippen molar-refractivity contribution >= 4 is 18.0 Å². The van der Waals surface area contributed by atoms with Crippen molar-refractivity contribution in [3.63, 3.8) is 0 Å². The molecule has 0 saturated carbocycles. The Hall–Kier alpha value is -1.62. The summed E-state index contributed by atoms with van der Waals surface area (Å²) in [6, 6.07) is 3.78. The third kappa shape index (κ3) is 1.35. The van der Waals surface area contributed by atoms with Gasteiger partial charge in [-0.15, -0.1) is 0 Å². The highest BCUT2D eigenvalue weighted by atomic mass is 32.1. The van der Waals surface area contributed by atoms with Gasteiger partial charge >= 0.3 is 0 Å². The van der Waals surface area contributed by atoms with Crippen LogP contribution >= 0.6 is 12.2 Å². The second-order valence-corrected chi connectivity index (χ2v) is 3.78. The first-order valence-corrected chi connectivity index (χ1v) is 5.16. The van der Waals surface area contributed by atoms with Crippen LogP contribution in [0.2, 0.25) is 0 Å². The molecule has 3 rings (SSSR count). The number of furan rings is 1. The monoisotopic (exact) mass is 219 g/mol. The van der Waals surface area contributed by atoms with E-state index in [-0.39, 0.29) is 0 Å². The third-order valence-corrected chi connectivity index (χ3v) is 2.66. The van der Waals surface area contributed by atoms with Crippen LogP contribution in [0.25, 0.3) is 11.5 Å². The van der Waals surface area contributed by atoms with Gasteiger partial charge in [0, 0.05) is 12.1 Å². The summed E-state index contributed by atoms with van der Waals surface area (Å²) in [7, 11) is 0. The lowest BCUT2D eigenvalue weighted by Gasteiger charge is -2.04. The van der Waals surface area contributed by atoms with Crippen LogP contribution in [0.4, 0.5) is 5.82 Å². The van der Waals surface area contributed by atoms with Gasteiger partial charge in [-0.05, 0) is 30.8 Å². The molecule has 0 fully saturated rings. The largest absolute Gasteiger partial charge is 0.463 e. The fourth-order valence-electron chi connectivity index (χ4n) is 1.82. The van der Waals surface area contributed by atoms with Crippen LogP contribution in [0.1, 0.15) is 5.56 Å². The molecule has 3 heterocycles. The second kappa shape index (κ2) is 3.20. The number of anilines is 1. The number of fused-ring (bicyclic) bond motifs is 1. The quantitative estimate of drug-likeness (QED) is 0.723. The van der Waals surface area contributed by atoms with Gasteiger partial charge in [0.2, 0.25) is 0 Å². The number of hydrogen-bond donors (Lipinski definition) is 2. The van der Waals surface area contributed by atoms with E-state index in [1.807, 2.05) is 12.1 Å². The van der Waals surface area contributed by atoms with E-state index >= 15 is 0 Å². The van der Waals surface area contributed by atoms with Crippen LogP contribution in [-0.4, -0.2) is 16.5 Å². The SMILES string of the molecule is S=c1nc2c(c(-c3ccco3)[nH]1)CCN2. The lowest BCUT2D eigenvalue weighted by atomic mass is 10.1. The zero-order valence-corrected chi connectivity index (χ0v) is 8.73. The molecule has 0 aliphatic carbocycles. The normalized spacial score (nSPS) is 13.6. The van der Waals surface area contributed by atoms with Crippen LogP contribution in [0.3, 0.4) is 0 Å². The summed E-state index contributed by atoms with van der Waals surface area (Å²) in [5, 5.41) is 3.20. The number of nitrogens with one attached hydrogen (secondary N) is 2. The number of rotatable bonds is 1. The Morgan fingerprint density at radius 2 is 2.40 bits per heavy atom. The summed E-state index contributed by atoms with van der Waals surface area (Å²) in [5.74, 6) is 1.69. The highest BCUT2D eigenvalue weighted by molar-refractivity contribution is 7.71. The molecule has 1 aliphatic rings. The molecule has 0 aromatic carbocycles. The molecule has 0 spiro atoms. The van der Waals surface area contributed by atoms with E-state index in [4.69, 9.17) is 16.6 Å². The summed E-state index contributed by atoms with van der Waals surface area (Å²) in [4.78, 5) is 7.31. The summed E-state index contributed by atoms with van der Waals surface area (Å²) in [6.07, 6.45) is 2.60. The molecule has 1 aliphatic heterocycles. The fourth-order valence-corrected chi connectivity index (χ4v) is 2.02. The Kier molecular flexibility index (Phi) is 1.85. The molecule has 0 atom stereocenters. The van der Waals surface area contributed by atoms with Crippen molar-refractivity contribution in [2.45, 2.75) is 6.42 Å². The Morgan fingerprint density at radius 1 is 1.47 bits per heavy atom. The summed E-state index contributed by atoms with van der Waals surface area (Å²) < 4.78 is 5.85.